The molecular weight excluding hydrogens is 274 g/mol. The van der Waals surface area contributed by atoms with E-state index in [2.05, 4.69) is 0 Å². The van der Waals surface area contributed by atoms with Gasteiger partial charge in [0.05, 0.1) is 6.54 Å². The summed E-state index contributed by atoms with van der Waals surface area (Å²) in [6, 6.07) is 6.68. The summed E-state index contributed by atoms with van der Waals surface area (Å²) in [4.78, 5) is 25.1. The molecule has 4 N–H and O–H groups in total. The number of thiocarbonyl (C=S) groups is 1. The van der Waals surface area contributed by atoms with Gasteiger partial charge in [0.2, 0.25) is 5.91 Å². The Morgan fingerprint density at radius 1 is 1.15 bits per heavy atom. The first kappa shape index (κ1) is 16.1. The van der Waals surface area contributed by atoms with Crippen LogP contribution in [0.3, 0.4) is 0 Å². The normalized spacial score (nSPS) is 10.1. The van der Waals surface area contributed by atoms with Crippen molar-refractivity contribution in [3.8, 4) is 0 Å². The number of primary amides is 1. The summed E-state index contributed by atoms with van der Waals surface area (Å²) in [6.07, 6.45) is 1.76. The van der Waals surface area contributed by atoms with E-state index >= 15 is 0 Å². The van der Waals surface area contributed by atoms with E-state index < -0.39 is 5.91 Å². The highest BCUT2D eigenvalue weighted by Gasteiger charge is 2.17. The zero-order valence-corrected chi connectivity index (χ0v) is 12.3. The molecule has 1 rings (SSSR count). The van der Waals surface area contributed by atoms with Crippen molar-refractivity contribution in [3.63, 3.8) is 0 Å². The molecule has 0 fully saturated rings. The van der Waals surface area contributed by atoms with Gasteiger partial charge >= 0.3 is 0 Å². The number of rotatable bonds is 7. The number of amides is 2. The predicted molar refractivity (Wildman–Crippen MR) is 82.3 cm³/mol. The Balaban J connectivity index is 2.87. The SMILES string of the molecule is CCCCN(CC(N)=O)C(=O)c1ccc(C(N)=S)cc1. The Hall–Kier alpha value is -1.95. The summed E-state index contributed by atoms with van der Waals surface area (Å²) >= 11 is 4.86. The number of hydrogen-bond donors (Lipinski definition) is 2. The fourth-order valence-electron chi connectivity index (χ4n) is 1.75. The fraction of sp³-hybridized carbons (Fsp3) is 0.357. The third-order valence-corrected chi connectivity index (χ3v) is 3.07. The van der Waals surface area contributed by atoms with Gasteiger partial charge in [0, 0.05) is 17.7 Å². The molecule has 0 spiro atoms. The highest BCUT2D eigenvalue weighted by molar-refractivity contribution is 7.80. The molecule has 5 nitrogen and oxygen atoms in total. The van der Waals surface area contributed by atoms with Crippen molar-refractivity contribution in [2.75, 3.05) is 13.1 Å². The largest absolute Gasteiger partial charge is 0.389 e. The van der Waals surface area contributed by atoms with Gasteiger partial charge in [-0.25, -0.2) is 0 Å². The first-order chi connectivity index (χ1) is 9.45. The maximum atomic E-state index is 12.3. The molecule has 1 aromatic carbocycles. The quantitative estimate of drug-likeness (QED) is 0.735. The lowest BCUT2D eigenvalue weighted by molar-refractivity contribution is -0.118. The topological polar surface area (TPSA) is 89.4 Å². The highest BCUT2D eigenvalue weighted by atomic mass is 32.1. The van der Waals surface area contributed by atoms with E-state index in [4.69, 9.17) is 23.7 Å². The second-order valence-corrected chi connectivity index (χ2v) is 4.93. The number of nitrogens with zero attached hydrogens (tertiary/aromatic N) is 1. The zero-order valence-electron chi connectivity index (χ0n) is 11.5. The summed E-state index contributed by atoms with van der Waals surface area (Å²) in [5.74, 6) is -0.735. The van der Waals surface area contributed by atoms with Crippen molar-refractivity contribution in [1.82, 2.24) is 4.90 Å². The molecule has 0 radical (unpaired) electrons. The number of hydrogen-bond acceptors (Lipinski definition) is 3. The second-order valence-electron chi connectivity index (χ2n) is 4.49. The van der Waals surface area contributed by atoms with Crippen LogP contribution in [-0.2, 0) is 4.79 Å². The highest BCUT2D eigenvalue weighted by Crippen LogP contribution is 2.09. The van der Waals surface area contributed by atoms with Crippen molar-refractivity contribution < 1.29 is 9.59 Å². The fourth-order valence-corrected chi connectivity index (χ4v) is 1.89. The minimum absolute atomic E-state index is 0.0735. The monoisotopic (exact) mass is 293 g/mol. The average molecular weight is 293 g/mol. The molecule has 6 heteroatoms. The summed E-state index contributed by atoms with van der Waals surface area (Å²) in [5, 5.41) is 0. The maximum absolute atomic E-state index is 12.3. The number of unbranched alkanes of at least 4 members (excludes halogenated alkanes) is 1. The first-order valence-corrected chi connectivity index (χ1v) is 6.84. The van der Waals surface area contributed by atoms with Gasteiger partial charge in [-0.2, -0.15) is 0 Å². The smallest absolute Gasteiger partial charge is 0.254 e. The third-order valence-electron chi connectivity index (χ3n) is 2.83. The van der Waals surface area contributed by atoms with Crippen LogP contribution in [0.5, 0.6) is 0 Å². The molecular formula is C14H19N3O2S. The van der Waals surface area contributed by atoms with E-state index in [-0.39, 0.29) is 17.4 Å². The third kappa shape index (κ3) is 4.62. The lowest BCUT2D eigenvalue weighted by Crippen LogP contribution is -2.39. The Bertz CT molecular complexity index is 500. The van der Waals surface area contributed by atoms with E-state index in [9.17, 15) is 9.59 Å². The molecule has 2 amide bonds. The summed E-state index contributed by atoms with van der Waals surface area (Å²) in [7, 11) is 0. The molecule has 0 aliphatic rings. The second kappa shape index (κ2) is 7.59. The molecule has 0 saturated carbocycles. The minimum Gasteiger partial charge on any atom is -0.389 e. The van der Waals surface area contributed by atoms with Crippen molar-refractivity contribution in [1.29, 1.82) is 0 Å². The van der Waals surface area contributed by atoms with Gasteiger partial charge in [-0.05, 0) is 18.6 Å². The van der Waals surface area contributed by atoms with Gasteiger partial charge in [-0.15, -0.1) is 0 Å². The van der Waals surface area contributed by atoms with Gasteiger partial charge in [0.15, 0.2) is 0 Å². The van der Waals surface area contributed by atoms with Gasteiger partial charge < -0.3 is 16.4 Å². The van der Waals surface area contributed by atoms with Crippen molar-refractivity contribution in [2.45, 2.75) is 19.8 Å². The van der Waals surface area contributed by atoms with Crippen LogP contribution in [0.4, 0.5) is 0 Å². The maximum Gasteiger partial charge on any atom is 0.254 e. The summed E-state index contributed by atoms with van der Waals surface area (Å²) in [5.41, 5.74) is 11.9. The van der Waals surface area contributed by atoms with Crippen LogP contribution in [-0.4, -0.2) is 34.8 Å². The van der Waals surface area contributed by atoms with Crippen molar-refractivity contribution >= 4 is 29.0 Å². The minimum atomic E-state index is -0.519. The molecule has 0 aliphatic carbocycles. The van der Waals surface area contributed by atoms with E-state index in [0.29, 0.717) is 17.7 Å². The van der Waals surface area contributed by atoms with Crippen molar-refractivity contribution in [3.05, 3.63) is 35.4 Å². The number of benzene rings is 1. The van der Waals surface area contributed by atoms with E-state index in [1.54, 1.807) is 24.3 Å². The summed E-state index contributed by atoms with van der Waals surface area (Å²) < 4.78 is 0. The molecule has 0 bridgehead atoms. The van der Waals surface area contributed by atoms with Crippen LogP contribution in [0.1, 0.15) is 35.7 Å². The van der Waals surface area contributed by atoms with Gasteiger partial charge in [0.1, 0.15) is 4.99 Å². The molecule has 0 heterocycles. The molecule has 0 atom stereocenters. The zero-order chi connectivity index (χ0) is 15.1. The standard InChI is InChI=1S/C14H19N3O2S/c1-2-3-8-17(9-12(15)18)14(19)11-6-4-10(5-7-11)13(16)20/h4-7H,2-3,8-9H2,1H3,(H2,15,18)(H2,16,20). The molecule has 1 aromatic rings. The van der Waals surface area contributed by atoms with Gasteiger partial charge in [0.25, 0.3) is 5.91 Å². The first-order valence-electron chi connectivity index (χ1n) is 6.43. The Labute approximate surface area is 123 Å². The van der Waals surface area contributed by atoms with Crippen LogP contribution in [0.15, 0.2) is 24.3 Å². The molecule has 20 heavy (non-hydrogen) atoms. The number of carbonyl (C=O) groups excluding carboxylic acids is 2. The van der Waals surface area contributed by atoms with Crippen LogP contribution in [0.25, 0.3) is 0 Å². The van der Waals surface area contributed by atoms with Crippen molar-refractivity contribution in [2.24, 2.45) is 11.5 Å². The summed E-state index contributed by atoms with van der Waals surface area (Å²) in [6.45, 7) is 2.45. The van der Waals surface area contributed by atoms with E-state index in [0.717, 1.165) is 12.8 Å². The molecule has 0 saturated heterocycles. The Kier molecular flexibility index (Phi) is 6.11. The molecule has 0 aliphatic heterocycles. The van der Waals surface area contributed by atoms with Crippen LogP contribution in [0.2, 0.25) is 0 Å². The molecule has 0 unspecified atom stereocenters. The van der Waals surface area contributed by atoms with Crippen LogP contribution in [0, 0.1) is 0 Å². The Morgan fingerprint density at radius 3 is 2.15 bits per heavy atom. The number of nitrogens with two attached hydrogens (primary N) is 2. The Morgan fingerprint density at radius 2 is 1.70 bits per heavy atom. The van der Waals surface area contributed by atoms with Gasteiger partial charge in [-0.3, -0.25) is 9.59 Å². The lowest BCUT2D eigenvalue weighted by atomic mass is 10.1. The van der Waals surface area contributed by atoms with Crippen LogP contribution < -0.4 is 11.5 Å². The lowest BCUT2D eigenvalue weighted by Gasteiger charge is -2.21. The molecule has 0 aromatic heterocycles. The van der Waals surface area contributed by atoms with E-state index in [1.807, 2.05) is 6.92 Å². The predicted octanol–water partition coefficient (Wildman–Crippen LogP) is 1.05. The van der Waals surface area contributed by atoms with Crippen LogP contribution >= 0.6 is 12.2 Å². The average Bonchev–Trinajstić information content (AvgIpc) is 2.42. The van der Waals surface area contributed by atoms with E-state index in [1.165, 1.54) is 4.90 Å². The van der Waals surface area contributed by atoms with Gasteiger partial charge in [-0.1, -0.05) is 37.7 Å². The number of carbonyl (C=O) groups is 2. The molecule has 108 valence electrons.